The van der Waals surface area contributed by atoms with Gasteiger partial charge in [-0.2, -0.15) is 0 Å². The number of hydrogen-bond acceptors (Lipinski definition) is 3. The number of benzene rings is 1. The molecule has 4 nitrogen and oxygen atoms in total. The molecule has 1 aromatic rings. The SMILES string of the molecule is CCCC(C)N(C)CCCC(=O)Nc1cccc(CN)c1. The number of hydrogen-bond donors (Lipinski definition) is 2. The lowest BCUT2D eigenvalue weighted by atomic mass is 10.1. The highest BCUT2D eigenvalue weighted by molar-refractivity contribution is 5.90. The van der Waals surface area contributed by atoms with Crippen LogP contribution >= 0.6 is 0 Å². The Hall–Kier alpha value is -1.39. The molecule has 1 atom stereocenters. The van der Waals surface area contributed by atoms with Gasteiger partial charge in [0.15, 0.2) is 0 Å². The maximum absolute atomic E-state index is 11.9. The summed E-state index contributed by atoms with van der Waals surface area (Å²) in [4.78, 5) is 14.3. The highest BCUT2D eigenvalue weighted by Gasteiger charge is 2.09. The zero-order chi connectivity index (χ0) is 15.7. The lowest BCUT2D eigenvalue weighted by Crippen LogP contribution is -2.30. The van der Waals surface area contributed by atoms with Crippen molar-refractivity contribution in [3.63, 3.8) is 0 Å². The van der Waals surface area contributed by atoms with E-state index in [1.54, 1.807) is 0 Å². The molecule has 0 saturated carbocycles. The molecule has 0 bridgehead atoms. The fourth-order valence-corrected chi connectivity index (χ4v) is 2.35. The maximum atomic E-state index is 11.9. The van der Waals surface area contributed by atoms with Gasteiger partial charge < -0.3 is 16.0 Å². The van der Waals surface area contributed by atoms with Gasteiger partial charge in [-0.1, -0.05) is 25.5 Å². The van der Waals surface area contributed by atoms with Crippen LogP contribution in [0.25, 0.3) is 0 Å². The van der Waals surface area contributed by atoms with Gasteiger partial charge in [-0.3, -0.25) is 4.79 Å². The van der Waals surface area contributed by atoms with E-state index < -0.39 is 0 Å². The average Bonchev–Trinajstić information content (AvgIpc) is 2.47. The summed E-state index contributed by atoms with van der Waals surface area (Å²) in [5, 5.41) is 2.93. The summed E-state index contributed by atoms with van der Waals surface area (Å²) in [6.45, 7) is 5.89. The molecule has 118 valence electrons. The minimum Gasteiger partial charge on any atom is -0.326 e. The molecular weight excluding hydrogens is 262 g/mol. The smallest absolute Gasteiger partial charge is 0.224 e. The molecule has 1 aromatic carbocycles. The van der Waals surface area contributed by atoms with Crippen molar-refractivity contribution < 1.29 is 4.79 Å². The standard InChI is InChI=1S/C17H29N3O/c1-4-7-14(2)20(3)11-6-10-17(21)19-16-9-5-8-15(12-16)13-18/h5,8-9,12,14H,4,6-7,10-11,13,18H2,1-3H3,(H,19,21). The zero-order valence-corrected chi connectivity index (χ0v) is 13.6. The predicted molar refractivity (Wildman–Crippen MR) is 89.2 cm³/mol. The van der Waals surface area contributed by atoms with Gasteiger partial charge in [-0.05, 0) is 51.1 Å². The molecule has 0 spiro atoms. The van der Waals surface area contributed by atoms with Crippen LogP contribution in [-0.2, 0) is 11.3 Å². The third kappa shape index (κ3) is 6.74. The van der Waals surface area contributed by atoms with Gasteiger partial charge in [0.25, 0.3) is 0 Å². The minimum absolute atomic E-state index is 0.0701. The van der Waals surface area contributed by atoms with Crippen LogP contribution in [0.5, 0.6) is 0 Å². The van der Waals surface area contributed by atoms with Crippen LogP contribution in [0.1, 0.15) is 45.1 Å². The van der Waals surface area contributed by atoms with Gasteiger partial charge >= 0.3 is 0 Å². The van der Waals surface area contributed by atoms with Gasteiger partial charge in [-0.25, -0.2) is 0 Å². The van der Waals surface area contributed by atoms with Gasteiger partial charge in [0.2, 0.25) is 5.91 Å². The quantitative estimate of drug-likeness (QED) is 0.735. The van der Waals surface area contributed by atoms with Crippen LogP contribution in [0.3, 0.4) is 0 Å². The molecule has 0 fully saturated rings. The third-order valence-corrected chi connectivity index (χ3v) is 3.82. The molecule has 0 aromatic heterocycles. The Morgan fingerprint density at radius 2 is 2.19 bits per heavy atom. The monoisotopic (exact) mass is 291 g/mol. The first-order valence-corrected chi connectivity index (χ1v) is 7.86. The van der Waals surface area contributed by atoms with Crippen LogP contribution in [0.4, 0.5) is 5.69 Å². The van der Waals surface area contributed by atoms with Gasteiger partial charge in [0.1, 0.15) is 0 Å². The number of rotatable bonds is 9. The molecule has 0 heterocycles. The fourth-order valence-electron chi connectivity index (χ4n) is 2.35. The van der Waals surface area contributed by atoms with Crippen molar-refractivity contribution in [2.24, 2.45) is 5.73 Å². The normalized spacial score (nSPS) is 12.4. The highest BCUT2D eigenvalue weighted by atomic mass is 16.1. The van der Waals surface area contributed by atoms with Crippen molar-refractivity contribution in [1.29, 1.82) is 0 Å². The third-order valence-electron chi connectivity index (χ3n) is 3.82. The number of nitrogens with one attached hydrogen (secondary N) is 1. The number of anilines is 1. The molecule has 1 rings (SSSR count). The van der Waals surface area contributed by atoms with E-state index in [9.17, 15) is 4.79 Å². The zero-order valence-electron chi connectivity index (χ0n) is 13.6. The lowest BCUT2D eigenvalue weighted by Gasteiger charge is -2.24. The molecule has 0 radical (unpaired) electrons. The van der Waals surface area contributed by atoms with Crippen LogP contribution in [0, 0.1) is 0 Å². The Morgan fingerprint density at radius 3 is 2.86 bits per heavy atom. The van der Waals surface area contributed by atoms with Crippen molar-refractivity contribution in [1.82, 2.24) is 4.90 Å². The van der Waals surface area contributed by atoms with E-state index in [2.05, 4.69) is 31.1 Å². The van der Waals surface area contributed by atoms with Crippen LogP contribution in [0.15, 0.2) is 24.3 Å². The Morgan fingerprint density at radius 1 is 1.43 bits per heavy atom. The summed E-state index contributed by atoms with van der Waals surface area (Å²) in [5.74, 6) is 0.0701. The maximum Gasteiger partial charge on any atom is 0.224 e. The van der Waals surface area contributed by atoms with Crippen LogP contribution in [-0.4, -0.2) is 30.4 Å². The van der Waals surface area contributed by atoms with Crippen LogP contribution in [0.2, 0.25) is 0 Å². The van der Waals surface area contributed by atoms with E-state index in [0.29, 0.717) is 19.0 Å². The molecule has 1 amide bonds. The van der Waals surface area contributed by atoms with E-state index in [-0.39, 0.29) is 5.91 Å². The van der Waals surface area contributed by atoms with Crippen molar-refractivity contribution in [3.05, 3.63) is 29.8 Å². The number of nitrogens with zero attached hydrogens (tertiary/aromatic N) is 1. The lowest BCUT2D eigenvalue weighted by molar-refractivity contribution is -0.116. The highest BCUT2D eigenvalue weighted by Crippen LogP contribution is 2.11. The molecule has 0 aliphatic carbocycles. The first kappa shape index (κ1) is 17.7. The van der Waals surface area contributed by atoms with Crippen molar-refractivity contribution >= 4 is 11.6 Å². The summed E-state index contributed by atoms with van der Waals surface area (Å²) < 4.78 is 0. The van der Waals surface area contributed by atoms with E-state index in [4.69, 9.17) is 5.73 Å². The van der Waals surface area contributed by atoms with Crippen molar-refractivity contribution in [2.75, 3.05) is 18.9 Å². The van der Waals surface area contributed by atoms with Gasteiger partial charge in [0.05, 0.1) is 0 Å². The fraction of sp³-hybridized carbons (Fsp3) is 0.588. The van der Waals surface area contributed by atoms with Crippen molar-refractivity contribution in [3.8, 4) is 0 Å². The second-order valence-corrected chi connectivity index (χ2v) is 5.67. The second kappa shape index (κ2) is 9.53. The molecule has 3 N–H and O–H groups in total. The first-order valence-electron chi connectivity index (χ1n) is 7.86. The number of carbonyl (C=O) groups excluding carboxylic acids is 1. The largest absolute Gasteiger partial charge is 0.326 e. The summed E-state index contributed by atoms with van der Waals surface area (Å²) in [6.07, 6.45) is 3.83. The molecular formula is C17H29N3O. The van der Waals surface area contributed by atoms with Gasteiger partial charge in [-0.15, -0.1) is 0 Å². The summed E-state index contributed by atoms with van der Waals surface area (Å²) in [5.41, 5.74) is 7.46. The first-order chi connectivity index (χ1) is 10.1. The average molecular weight is 291 g/mol. The van der Waals surface area contributed by atoms with E-state index in [1.807, 2.05) is 24.3 Å². The molecule has 0 saturated heterocycles. The Bertz CT molecular complexity index is 434. The molecule has 4 heteroatoms. The Kier molecular flexibility index (Phi) is 8.01. The number of amides is 1. The molecule has 0 aliphatic rings. The summed E-state index contributed by atoms with van der Waals surface area (Å²) >= 11 is 0. The predicted octanol–water partition coefficient (Wildman–Crippen LogP) is 2.98. The van der Waals surface area contributed by atoms with Crippen molar-refractivity contribution in [2.45, 2.75) is 52.1 Å². The van der Waals surface area contributed by atoms with E-state index >= 15 is 0 Å². The Balaban J connectivity index is 2.30. The minimum atomic E-state index is 0.0701. The molecule has 0 aliphatic heterocycles. The summed E-state index contributed by atoms with van der Waals surface area (Å²) in [7, 11) is 2.13. The van der Waals surface area contributed by atoms with Crippen LogP contribution < -0.4 is 11.1 Å². The number of nitrogens with two attached hydrogens (primary N) is 1. The summed E-state index contributed by atoms with van der Waals surface area (Å²) in [6, 6.07) is 8.27. The van der Waals surface area contributed by atoms with E-state index in [0.717, 1.165) is 24.2 Å². The Labute approximate surface area is 128 Å². The van der Waals surface area contributed by atoms with E-state index in [1.165, 1.54) is 12.8 Å². The topological polar surface area (TPSA) is 58.4 Å². The second-order valence-electron chi connectivity index (χ2n) is 5.67. The number of carbonyl (C=O) groups is 1. The van der Waals surface area contributed by atoms with Gasteiger partial charge in [0, 0.05) is 24.7 Å². The molecule has 21 heavy (non-hydrogen) atoms. The molecule has 1 unspecified atom stereocenters.